The van der Waals surface area contributed by atoms with Gasteiger partial charge in [0.2, 0.25) is 0 Å². The summed E-state index contributed by atoms with van der Waals surface area (Å²) in [5, 5.41) is 8.93. The van der Waals surface area contributed by atoms with Crippen LogP contribution in [0.4, 0.5) is 0 Å². The van der Waals surface area contributed by atoms with Crippen LogP contribution in [0.1, 0.15) is 17.1 Å². The minimum Gasteiger partial charge on any atom is -0.493 e. The number of hydrogen-bond acceptors (Lipinski definition) is 4. The number of ether oxygens (including phenoxy) is 1. The Morgan fingerprint density at radius 2 is 2.17 bits per heavy atom. The summed E-state index contributed by atoms with van der Waals surface area (Å²) in [7, 11) is 0. The van der Waals surface area contributed by atoms with Crippen LogP contribution in [-0.4, -0.2) is 16.6 Å². The maximum Gasteiger partial charge on any atom is 0.144 e. The molecule has 1 aromatic heterocycles. The molecular weight excluding hydrogens is 226 g/mol. The summed E-state index contributed by atoms with van der Waals surface area (Å²) in [6.07, 6.45) is 0.929. The number of hydrogen-bond donors (Lipinski definition) is 0. The van der Waals surface area contributed by atoms with Crippen LogP contribution < -0.4 is 4.74 Å². The van der Waals surface area contributed by atoms with Gasteiger partial charge in [0.15, 0.2) is 0 Å². The third-order valence-electron chi connectivity index (χ3n) is 2.94. The highest BCUT2D eigenvalue weighted by Gasteiger charge is 2.13. The highest BCUT2D eigenvalue weighted by molar-refractivity contribution is 5.63. The van der Waals surface area contributed by atoms with Gasteiger partial charge in [0.25, 0.3) is 0 Å². The van der Waals surface area contributed by atoms with Gasteiger partial charge in [-0.2, -0.15) is 5.26 Å². The molecule has 0 saturated heterocycles. The molecule has 0 radical (unpaired) electrons. The van der Waals surface area contributed by atoms with Crippen LogP contribution in [0, 0.1) is 18.3 Å². The molecule has 2 heterocycles. The van der Waals surface area contributed by atoms with E-state index in [1.165, 1.54) is 5.56 Å². The Morgan fingerprint density at radius 1 is 1.28 bits per heavy atom. The Morgan fingerprint density at radius 3 is 3.00 bits per heavy atom. The maximum absolute atomic E-state index is 8.93. The van der Waals surface area contributed by atoms with E-state index in [1.807, 2.05) is 12.1 Å². The van der Waals surface area contributed by atoms with Gasteiger partial charge in [0, 0.05) is 18.1 Å². The van der Waals surface area contributed by atoms with Crippen LogP contribution in [0.2, 0.25) is 0 Å². The molecule has 0 spiro atoms. The van der Waals surface area contributed by atoms with Gasteiger partial charge in [-0.15, -0.1) is 0 Å². The van der Waals surface area contributed by atoms with Crippen LogP contribution in [0.15, 0.2) is 24.3 Å². The fourth-order valence-electron chi connectivity index (χ4n) is 2.12. The fourth-order valence-corrected chi connectivity index (χ4v) is 2.12. The zero-order valence-electron chi connectivity index (χ0n) is 9.97. The Bertz CT molecular complexity index is 659. The van der Waals surface area contributed by atoms with Crippen molar-refractivity contribution < 1.29 is 4.74 Å². The van der Waals surface area contributed by atoms with E-state index in [1.54, 1.807) is 13.0 Å². The van der Waals surface area contributed by atoms with E-state index in [-0.39, 0.29) is 0 Å². The maximum atomic E-state index is 8.93. The minimum atomic E-state index is 0.397. The molecule has 0 bridgehead atoms. The monoisotopic (exact) mass is 237 g/mol. The first-order valence-corrected chi connectivity index (χ1v) is 5.78. The molecule has 3 rings (SSSR count). The molecule has 4 heteroatoms. The fraction of sp³-hybridized carbons (Fsp3) is 0.214. The standard InChI is InChI=1S/C14H11N3O/c1-9-16-12(8-15)7-13(17-9)10-2-3-14-11(6-10)4-5-18-14/h2-3,6-7H,4-5H2,1H3. The summed E-state index contributed by atoms with van der Waals surface area (Å²) in [5.41, 5.74) is 3.38. The zero-order valence-corrected chi connectivity index (χ0v) is 9.97. The second-order valence-electron chi connectivity index (χ2n) is 4.22. The second kappa shape index (κ2) is 4.11. The highest BCUT2D eigenvalue weighted by atomic mass is 16.5. The van der Waals surface area contributed by atoms with E-state index in [0.29, 0.717) is 11.5 Å². The molecule has 0 fully saturated rings. The van der Waals surface area contributed by atoms with E-state index >= 15 is 0 Å². The average molecular weight is 237 g/mol. The Labute approximate surface area is 105 Å². The largest absolute Gasteiger partial charge is 0.493 e. The number of nitriles is 1. The molecule has 2 aromatic rings. The molecule has 1 aliphatic heterocycles. The lowest BCUT2D eigenvalue weighted by Gasteiger charge is -2.05. The quantitative estimate of drug-likeness (QED) is 0.763. The highest BCUT2D eigenvalue weighted by Crippen LogP contribution is 2.29. The van der Waals surface area contributed by atoms with Crippen molar-refractivity contribution in [3.05, 3.63) is 41.3 Å². The normalized spacial score (nSPS) is 12.7. The average Bonchev–Trinajstić information content (AvgIpc) is 2.85. The molecule has 0 unspecified atom stereocenters. The molecule has 1 aromatic carbocycles. The Kier molecular flexibility index (Phi) is 2.45. The smallest absolute Gasteiger partial charge is 0.144 e. The van der Waals surface area contributed by atoms with Crippen LogP contribution in [-0.2, 0) is 6.42 Å². The van der Waals surface area contributed by atoms with Crippen molar-refractivity contribution in [1.29, 1.82) is 5.26 Å². The van der Waals surface area contributed by atoms with Crippen molar-refractivity contribution in [2.75, 3.05) is 6.61 Å². The molecule has 18 heavy (non-hydrogen) atoms. The third kappa shape index (κ3) is 1.80. The first-order chi connectivity index (χ1) is 8.76. The summed E-state index contributed by atoms with van der Waals surface area (Å²) < 4.78 is 5.47. The van der Waals surface area contributed by atoms with Gasteiger partial charge in [-0.1, -0.05) is 0 Å². The lowest BCUT2D eigenvalue weighted by Crippen LogP contribution is -1.94. The molecule has 4 nitrogen and oxygen atoms in total. The third-order valence-corrected chi connectivity index (χ3v) is 2.94. The lowest BCUT2D eigenvalue weighted by atomic mass is 10.1. The topological polar surface area (TPSA) is 58.8 Å². The van der Waals surface area contributed by atoms with Crippen molar-refractivity contribution in [2.45, 2.75) is 13.3 Å². The van der Waals surface area contributed by atoms with Crippen molar-refractivity contribution in [1.82, 2.24) is 9.97 Å². The number of aromatic nitrogens is 2. The summed E-state index contributed by atoms with van der Waals surface area (Å²) in [5.74, 6) is 1.56. The van der Waals surface area contributed by atoms with Crippen molar-refractivity contribution in [2.24, 2.45) is 0 Å². The summed E-state index contributed by atoms with van der Waals surface area (Å²) in [6, 6.07) is 9.77. The van der Waals surface area contributed by atoms with E-state index < -0.39 is 0 Å². The van der Waals surface area contributed by atoms with Gasteiger partial charge >= 0.3 is 0 Å². The van der Waals surface area contributed by atoms with Crippen LogP contribution in [0.5, 0.6) is 5.75 Å². The molecule has 1 aliphatic rings. The molecular formula is C14H11N3O. The van der Waals surface area contributed by atoms with Crippen LogP contribution in [0.3, 0.4) is 0 Å². The number of nitrogens with zero attached hydrogens (tertiary/aromatic N) is 3. The molecule has 0 amide bonds. The van der Waals surface area contributed by atoms with Crippen molar-refractivity contribution in [3.63, 3.8) is 0 Å². The summed E-state index contributed by atoms with van der Waals surface area (Å²) >= 11 is 0. The Balaban J connectivity index is 2.10. The minimum absolute atomic E-state index is 0.397. The lowest BCUT2D eigenvalue weighted by molar-refractivity contribution is 0.357. The molecule has 0 saturated carbocycles. The Hall–Kier alpha value is -2.41. The number of rotatable bonds is 1. The summed E-state index contributed by atoms with van der Waals surface area (Å²) in [6.45, 7) is 2.53. The van der Waals surface area contributed by atoms with E-state index in [0.717, 1.165) is 30.0 Å². The number of benzene rings is 1. The van der Waals surface area contributed by atoms with Gasteiger partial charge in [0.1, 0.15) is 23.3 Å². The van der Waals surface area contributed by atoms with E-state index in [2.05, 4.69) is 22.1 Å². The zero-order chi connectivity index (χ0) is 12.5. The summed E-state index contributed by atoms with van der Waals surface area (Å²) in [4.78, 5) is 8.43. The van der Waals surface area contributed by atoms with Gasteiger partial charge in [-0.3, -0.25) is 0 Å². The van der Waals surface area contributed by atoms with E-state index in [4.69, 9.17) is 10.00 Å². The SMILES string of the molecule is Cc1nc(C#N)cc(-c2ccc3c(c2)CCO3)n1. The molecule has 0 atom stereocenters. The predicted octanol–water partition coefficient (Wildman–Crippen LogP) is 2.26. The van der Waals surface area contributed by atoms with Gasteiger partial charge in [-0.05, 0) is 30.7 Å². The van der Waals surface area contributed by atoms with Gasteiger partial charge in [0.05, 0.1) is 12.3 Å². The first kappa shape index (κ1) is 10.7. The second-order valence-corrected chi connectivity index (χ2v) is 4.22. The van der Waals surface area contributed by atoms with Gasteiger partial charge in [-0.25, -0.2) is 9.97 Å². The molecule has 0 N–H and O–H groups in total. The molecule has 0 aliphatic carbocycles. The van der Waals surface area contributed by atoms with Crippen molar-refractivity contribution in [3.8, 4) is 23.1 Å². The molecule has 88 valence electrons. The van der Waals surface area contributed by atoms with E-state index in [9.17, 15) is 0 Å². The first-order valence-electron chi connectivity index (χ1n) is 5.78. The van der Waals surface area contributed by atoms with Crippen LogP contribution >= 0.6 is 0 Å². The van der Waals surface area contributed by atoms with Gasteiger partial charge < -0.3 is 4.74 Å². The van der Waals surface area contributed by atoms with Crippen LogP contribution in [0.25, 0.3) is 11.3 Å². The predicted molar refractivity (Wildman–Crippen MR) is 66.1 cm³/mol. The van der Waals surface area contributed by atoms with Crippen molar-refractivity contribution >= 4 is 0 Å². The number of aryl methyl sites for hydroxylation is 1. The number of fused-ring (bicyclic) bond motifs is 1.